The SMILES string of the molecule is Cc1cc(-n2nc3c(c2-n2cnc(-c4ccc5c(cnn5C)c4)c2C)[C@H](C)NCC3)cc(C)c1F. The van der Waals surface area contributed by atoms with Crippen molar-refractivity contribution in [1.82, 2.24) is 34.4 Å². The Morgan fingerprint density at radius 2 is 1.86 bits per heavy atom. The Morgan fingerprint density at radius 3 is 2.63 bits per heavy atom. The van der Waals surface area contributed by atoms with Crippen LogP contribution in [0.15, 0.2) is 42.9 Å². The highest BCUT2D eigenvalue weighted by atomic mass is 19.1. The maximum absolute atomic E-state index is 14.4. The molecular formula is C27H28FN7. The first-order chi connectivity index (χ1) is 16.8. The van der Waals surface area contributed by atoms with Crippen LogP contribution in [0.4, 0.5) is 4.39 Å². The second kappa shape index (κ2) is 7.88. The van der Waals surface area contributed by atoms with Gasteiger partial charge in [0.2, 0.25) is 0 Å². The summed E-state index contributed by atoms with van der Waals surface area (Å²) in [6.45, 7) is 8.73. The number of nitrogens with zero attached hydrogens (tertiary/aromatic N) is 6. The fourth-order valence-electron chi connectivity index (χ4n) is 5.28. The Balaban J connectivity index is 1.56. The zero-order valence-corrected chi connectivity index (χ0v) is 20.6. The van der Waals surface area contributed by atoms with Gasteiger partial charge in [-0.3, -0.25) is 9.25 Å². The zero-order valence-electron chi connectivity index (χ0n) is 20.6. The average Bonchev–Trinajstić information content (AvgIpc) is 3.52. The van der Waals surface area contributed by atoms with Gasteiger partial charge in [-0.2, -0.15) is 10.2 Å². The summed E-state index contributed by atoms with van der Waals surface area (Å²) in [4.78, 5) is 4.83. The van der Waals surface area contributed by atoms with E-state index in [1.807, 2.05) is 41.1 Å². The van der Waals surface area contributed by atoms with E-state index in [4.69, 9.17) is 10.1 Å². The van der Waals surface area contributed by atoms with E-state index >= 15 is 0 Å². The average molecular weight is 470 g/mol. The van der Waals surface area contributed by atoms with Crippen LogP contribution in [-0.4, -0.2) is 35.7 Å². The Hall–Kier alpha value is -3.78. The minimum absolute atomic E-state index is 0.141. The lowest BCUT2D eigenvalue weighted by atomic mass is 10.0. The van der Waals surface area contributed by atoms with Crippen LogP contribution in [0.25, 0.3) is 33.7 Å². The topological polar surface area (TPSA) is 65.5 Å². The third-order valence-corrected chi connectivity index (χ3v) is 7.14. The van der Waals surface area contributed by atoms with Crippen molar-refractivity contribution in [3.05, 3.63) is 76.8 Å². The second-order valence-corrected chi connectivity index (χ2v) is 9.51. The molecule has 3 aromatic heterocycles. The van der Waals surface area contributed by atoms with Crippen molar-refractivity contribution < 1.29 is 4.39 Å². The molecule has 0 spiro atoms. The minimum atomic E-state index is -0.172. The number of nitrogens with one attached hydrogen (secondary N) is 1. The molecule has 0 saturated carbocycles. The molecule has 1 aliphatic heterocycles. The van der Waals surface area contributed by atoms with Crippen LogP contribution in [0, 0.1) is 26.6 Å². The van der Waals surface area contributed by atoms with Crippen molar-refractivity contribution in [2.24, 2.45) is 7.05 Å². The van der Waals surface area contributed by atoms with Gasteiger partial charge in [0, 0.05) is 48.3 Å². The molecule has 0 amide bonds. The van der Waals surface area contributed by atoms with Crippen LogP contribution in [0.3, 0.4) is 0 Å². The maximum atomic E-state index is 14.4. The molecule has 1 N–H and O–H groups in total. The quantitative estimate of drug-likeness (QED) is 0.409. The number of hydrogen-bond donors (Lipinski definition) is 1. The molecule has 5 aromatic rings. The molecule has 0 saturated heterocycles. The van der Waals surface area contributed by atoms with Crippen molar-refractivity contribution in [2.45, 2.75) is 40.2 Å². The highest BCUT2D eigenvalue weighted by molar-refractivity contribution is 5.84. The van der Waals surface area contributed by atoms with Crippen molar-refractivity contribution in [2.75, 3.05) is 6.54 Å². The summed E-state index contributed by atoms with van der Waals surface area (Å²) < 4.78 is 20.4. The molecule has 0 radical (unpaired) electrons. The lowest BCUT2D eigenvalue weighted by molar-refractivity contribution is 0.536. The zero-order chi connectivity index (χ0) is 24.4. The summed E-state index contributed by atoms with van der Waals surface area (Å²) in [5.74, 6) is 0.776. The standard InChI is InChI=1S/C27H28FN7/c1-15-10-21(11-16(2)25(15)28)35-27(24-17(3)29-9-8-22(24)32-35)34-14-30-26(18(34)4)19-6-7-23-20(12-19)13-31-33(23)5/h6-7,10-14,17,29H,8-9H2,1-5H3/t17-/m0/s1. The third-order valence-electron chi connectivity index (χ3n) is 7.14. The molecule has 35 heavy (non-hydrogen) atoms. The largest absolute Gasteiger partial charge is 0.310 e. The lowest BCUT2D eigenvalue weighted by Gasteiger charge is -2.21. The lowest BCUT2D eigenvalue weighted by Crippen LogP contribution is -2.28. The molecule has 1 aliphatic rings. The van der Waals surface area contributed by atoms with Gasteiger partial charge >= 0.3 is 0 Å². The molecule has 4 heterocycles. The molecule has 0 aliphatic carbocycles. The van der Waals surface area contributed by atoms with Gasteiger partial charge in [0.05, 0.1) is 28.8 Å². The van der Waals surface area contributed by atoms with Crippen LogP contribution < -0.4 is 5.32 Å². The smallest absolute Gasteiger partial charge is 0.147 e. The Morgan fingerprint density at radius 1 is 1.09 bits per heavy atom. The summed E-state index contributed by atoms with van der Waals surface area (Å²) in [7, 11) is 1.94. The van der Waals surface area contributed by atoms with E-state index < -0.39 is 0 Å². The van der Waals surface area contributed by atoms with E-state index in [9.17, 15) is 4.39 Å². The van der Waals surface area contributed by atoms with Crippen molar-refractivity contribution in [1.29, 1.82) is 0 Å². The van der Waals surface area contributed by atoms with E-state index in [0.29, 0.717) is 11.1 Å². The Kier molecular flexibility index (Phi) is 4.89. The van der Waals surface area contributed by atoms with Gasteiger partial charge in [0.15, 0.2) is 0 Å². The normalized spacial score (nSPS) is 15.7. The van der Waals surface area contributed by atoms with Crippen molar-refractivity contribution in [3.8, 4) is 22.8 Å². The summed E-state index contributed by atoms with van der Waals surface area (Å²) in [5, 5.41) is 14.0. The minimum Gasteiger partial charge on any atom is -0.310 e. The molecular weight excluding hydrogens is 441 g/mol. The summed E-state index contributed by atoms with van der Waals surface area (Å²) >= 11 is 0. The van der Waals surface area contributed by atoms with E-state index in [1.165, 1.54) is 0 Å². The van der Waals surface area contributed by atoms with Crippen LogP contribution in [0.2, 0.25) is 0 Å². The van der Waals surface area contributed by atoms with Gasteiger partial charge in [0.1, 0.15) is 18.0 Å². The highest BCUT2D eigenvalue weighted by Crippen LogP contribution is 2.34. The van der Waals surface area contributed by atoms with Gasteiger partial charge in [-0.25, -0.2) is 14.1 Å². The number of rotatable bonds is 3. The molecule has 8 heteroatoms. The molecule has 6 rings (SSSR count). The summed E-state index contributed by atoms with van der Waals surface area (Å²) in [5.41, 5.74) is 8.36. The van der Waals surface area contributed by atoms with E-state index in [1.54, 1.807) is 13.8 Å². The molecule has 1 atom stereocenters. The molecule has 0 unspecified atom stereocenters. The fourth-order valence-corrected chi connectivity index (χ4v) is 5.28. The first-order valence-electron chi connectivity index (χ1n) is 11.9. The third kappa shape index (κ3) is 3.31. The number of fused-ring (bicyclic) bond motifs is 2. The number of aromatic nitrogens is 6. The summed E-state index contributed by atoms with van der Waals surface area (Å²) in [6.07, 6.45) is 4.59. The fraction of sp³-hybridized carbons (Fsp3) is 0.296. The van der Waals surface area contributed by atoms with E-state index in [-0.39, 0.29) is 11.9 Å². The molecule has 7 nitrogen and oxygen atoms in total. The van der Waals surface area contributed by atoms with E-state index in [0.717, 1.165) is 63.6 Å². The Bertz CT molecular complexity index is 1580. The van der Waals surface area contributed by atoms with Crippen LogP contribution in [-0.2, 0) is 13.5 Å². The predicted octanol–water partition coefficient (Wildman–Crippen LogP) is 4.88. The second-order valence-electron chi connectivity index (χ2n) is 9.51. The van der Waals surface area contributed by atoms with Gasteiger partial charge in [-0.1, -0.05) is 6.07 Å². The number of hydrogen-bond acceptors (Lipinski definition) is 4. The molecule has 2 aromatic carbocycles. The highest BCUT2D eigenvalue weighted by Gasteiger charge is 2.29. The number of halogens is 1. The van der Waals surface area contributed by atoms with Crippen molar-refractivity contribution in [3.63, 3.8) is 0 Å². The summed E-state index contributed by atoms with van der Waals surface area (Å²) in [6, 6.07) is 10.2. The van der Waals surface area contributed by atoms with Crippen LogP contribution >= 0.6 is 0 Å². The number of benzene rings is 2. The van der Waals surface area contributed by atoms with Gasteiger partial charge in [-0.15, -0.1) is 0 Å². The first-order valence-corrected chi connectivity index (χ1v) is 11.9. The molecule has 178 valence electrons. The number of aryl methyl sites for hydroxylation is 3. The van der Waals surface area contributed by atoms with E-state index in [2.05, 4.69) is 47.0 Å². The molecule has 0 bridgehead atoms. The predicted molar refractivity (Wildman–Crippen MR) is 135 cm³/mol. The van der Waals surface area contributed by atoms with Crippen molar-refractivity contribution >= 4 is 10.9 Å². The monoisotopic (exact) mass is 469 g/mol. The van der Waals surface area contributed by atoms with Crippen LogP contribution in [0.1, 0.15) is 41.0 Å². The van der Waals surface area contributed by atoms with Gasteiger partial charge in [0.25, 0.3) is 0 Å². The first kappa shape index (κ1) is 21.7. The molecule has 0 fully saturated rings. The maximum Gasteiger partial charge on any atom is 0.147 e. The van der Waals surface area contributed by atoms with Gasteiger partial charge in [-0.05, 0) is 63.1 Å². The van der Waals surface area contributed by atoms with Crippen LogP contribution in [0.5, 0.6) is 0 Å². The van der Waals surface area contributed by atoms with Gasteiger partial charge < -0.3 is 5.32 Å². The number of imidazole rings is 1. The Labute approximate surface area is 203 Å².